The van der Waals surface area contributed by atoms with Crippen LogP contribution in [0.2, 0.25) is 0 Å². The molecule has 7 heteroatoms. The first-order chi connectivity index (χ1) is 14.0. The van der Waals surface area contributed by atoms with Crippen molar-refractivity contribution in [2.24, 2.45) is 7.05 Å². The summed E-state index contributed by atoms with van der Waals surface area (Å²) in [6, 6.07) is 7.28. The van der Waals surface area contributed by atoms with Crippen molar-refractivity contribution in [1.82, 2.24) is 18.7 Å². The zero-order valence-electron chi connectivity index (χ0n) is 16.3. The molecule has 0 N–H and O–H groups in total. The number of imidazole rings is 1. The van der Waals surface area contributed by atoms with Gasteiger partial charge < -0.3 is 4.74 Å². The Balaban J connectivity index is 2.29. The fourth-order valence-electron chi connectivity index (χ4n) is 2.84. The average molecular weight is 386 g/mol. The second-order valence-corrected chi connectivity index (χ2v) is 6.04. The maximum Gasteiger partial charge on any atom is 0.333 e. The van der Waals surface area contributed by atoms with Crippen LogP contribution in [0.3, 0.4) is 0 Å². The molecule has 0 radical (unpaired) electrons. The lowest BCUT2D eigenvalue weighted by atomic mass is 10.2. The summed E-state index contributed by atoms with van der Waals surface area (Å²) in [5.41, 5.74) is 0.157. The van der Waals surface area contributed by atoms with Gasteiger partial charge in [0.2, 0.25) is 0 Å². The molecule has 2 heterocycles. The molecule has 0 saturated heterocycles. The van der Waals surface area contributed by atoms with Gasteiger partial charge in [0, 0.05) is 12.6 Å². The lowest BCUT2D eigenvalue weighted by Gasteiger charge is -2.06. The number of rotatable bonds is 3. The van der Waals surface area contributed by atoms with E-state index in [4.69, 9.17) is 11.2 Å². The summed E-state index contributed by atoms with van der Waals surface area (Å²) in [6.07, 6.45) is 5.32. The average Bonchev–Trinajstić information content (AvgIpc) is 3.11. The Labute approximate surface area is 167 Å². The van der Waals surface area contributed by atoms with E-state index in [1.54, 1.807) is 31.7 Å². The number of hydrogen-bond acceptors (Lipinski definition) is 4. The van der Waals surface area contributed by atoms with E-state index in [2.05, 4.69) is 34.6 Å². The smallest absolute Gasteiger partial charge is 0.333 e. The van der Waals surface area contributed by atoms with Crippen LogP contribution in [-0.4, -0.2) is 25.8 Å². The first kappa shape index (κ1) is 19.6. The number of methoxy groups -OCH3 is 1. The standard InChI is InChI=1S/C22H18N4O3/c1-5-7-14-25-18(12-11-16-9-8-10-17(15-16)29-4)23-20-19(25)21(27)26(13-6-2)22(28)24(20)3/h2,8-10,15H,13-14H2,1,3-4H3. The number of fused-ring (bicyclic) bond motifs is 1. The number of terminal acetylenes is 1. The van der Waals surface area contributed by atoms with E-state index in [0.29, 0.717) is 11.6 Å². The Kier molecular flexibility index (Phi) is 5.58. The number of aryl methyl sites for hydroxylation is 1. The molecule has 29 heavy (non-hydrogen) atoms. The van der Waals surface area contributed by atoms with E-state index in [-0.39, 0.29) is 24.3 Å². The molecule has 7 nitrogen and oxygen atoms in total. The van der Waals surface area contributed by atoms with Crippen molar-refractivity contribution < 1.29 is 4.74 Å². The van der Waals surface area contributed by atoms with Crippen LogP contribution in [0.4, 0.5) is 0 Å². The SMILES string of the molecule is C#CCn1c(=O)c2c(nc(C#Cc3cccc(OC)c3)n2CC#CC)n(C)c1=O. The van der Waals surface area contributed by atoms with Crippen LogP contribution >= 0.6 is 0 Å². The van der Waals surface area contributed by atoms with Crippen molar-refractivity contribution in [1.29, 1.82) is 0 Å². The van der Waals surface area contributed by atoms with Crippen LogP contribution < -0.4 is 16.0 Å². The maximum absolute atomic E-state index is 12.9. The van der Waals surface area contributed by atoms with E-state index in [1.807, 2.05) is 18.2 Å². The summed E-state index contributed by atoms with van der Waals surface area (Å²) in [4.78, 5) is 29.8. The highest BCUT2D eigenvalue weighted by molar-refractivity contribution is 5.72. The van der Waals surface area contributed by atoms with Crippen molar-refractivity contribution in [2.75, 3.05) is 7.11 Å². The van der Waals surface area contributed by atoms with Crippen molar-refractivity contribution in [3.05, 3.63) is 56.5 Å². The number of hydrogen-bond donors (Lipinski definition) is 0. The third-order valence-electron chi connectivity index (χ3n) is 4.28. The summed E-state index contributed by atoms with van der Waals surface area (Å²) in [6.45, 7) is 1.78. The second-order valence-electron chi connectivity index (χ2n) is 6.04. The molecular weight excluding hydrogens is 368 g/mol. The minimum Gasteiger partial charge on any atom is -0.497 e. The molecule has 0 aliphatic rings. The maximum atomic E-state index is 12.9. The number of nitrogens with zero attached hydrogens (tertiary/aromatic N) is 4. The van der Waals surface area contributed by atoms with Gasteiger partial charge >= 0.3 is 5.69 Å². The number of aromatic nitrogens is 4. The van der Waals surface area contributed by atoms with Gasteiger partial charge in [-0.2, -0.15) is 0 Å². The molecule has 0 saturated carbocycles. The van der Waals surface area contributed by atoms with E-state index in [0.717, 1.165) is 10.1 Å². The lowest BCUT2D eigenvalue weighted by molar-refractivity contribution is 0.414. The molecule has 3 rings (SSSR count). The molecule has 3 aromatic rings. The van der Waals surface area contributed by atoms with Crippen molar-refractivity contribution >= 4 is 11.2 Å². The van der Waals surface area contributed by atoms with Crippen molar-refractivity contribution in [2.45, 2.75) is 20.0 Å². The molecule has 1 aromatic carbocycles. The summed E-state index contributed by atoms with van der Waals surface area (Å²) in [7, 11) is 3.12. The normalized spacial score (nSPS) is 9.86. The van der Waals surface area contributed by atoms with E-state index in [1.165, 1.54) is 4.57 Å². The van der Waals surface area contributed by atoms with E-state index >= 15 is 0 Å². The first-order valence-electron chi connectivity index (χ1n) is 8.71. The fraction of sp³-hybridized carbons (Fsp3) is 0.227. The summed E-state index contributed by atoms with van der Waals surface area (Å²) in [5, 5.41) is 0. The molecule has 0 aliphatic carbocycles. The highest BCUT2D eigenvalue weighted by atomic mass is 16.5. The zero-order chi connectivity index (χ0) is 21.0. The monoisotopic (exact) mass is 386 g/mol. The summed E-state index contributed by atoms with van der Waals surface area (Å²) in [5.74, 6) is 15.1. The Morgan fingerprint density at radius 1 is 1.17 bits per heavy atom. The van der Waals surface area contributed by atoms with Gasteiger partial charge in [0.05, 0.1) is 20.2 Å². The molecule has 0 fully saturated rings. The lowest BCUT2D eigenvalue weighted by Crippen LogP contribution is -2.39. The van der Waals surface area contributed by atoms with Crippen LogP contribution in [0.5, 0.6) is 5.75 Å². The highest BCUT2D eigenvalue weighted by Crippen LogP contribution is 2.13. The number of benzene rings is 1. The third-order valence-corrected chi connectivity index (χ3v) is 4.28. The Bertz CT molecular complexity index is 1380. The van der Waals surface area contributed by atoms with Crippen LogP contribution in [-0.2, 0) is 20.1 Å². The Hall–Kier alpha value is -4.15. The molecular formula is C22H18N4O3. The second kappa shape index (κ2) is 8.25. The molecule has 0 bridgehead atoms. The topological polar surface area (TPSA) is 71.1 Å². The number of ether oxygens (including phenoxy) is 1. The largest absolute Gasteiger partial charge is 0.497 e. The van der Waals surface area contributed by atoms with Gasteiger partial charge in [-0.05, 0) is 31.0 Å². The van der Waals surface area contributed by atoms with Gasteiger partial charge in [0.1, 0.15) is 5.75 Å². The quantitative estimate of drug-likeness (QED) is 0.629. The molecule has 2 aromatic heterocycles. The van der Waals surface area contributed by atoms with Gasteiger partial charge in [-0.15, -0.1) is 12.3 Å². The van der Waals surface area contributed by atoms with Crippen LogP contribution in [0.15, 0.2) is 33.9 Å². The minimum atomic E-state index is -0.529. The van der Waals surface area contributed by atoms with Crippen molar-refractivity contribution in [3.63, 3.8) is 0 Å². The molecule has 144 valence electrons. The molecule has 0 spiro atoms. The van der Waals surface area contributed by atoms with Gasteiger partial charge in [-0.25, -0.2) is 14.3 Å². The van der Waals surface area contributed by atoms with Crippen LogP contribution in [0.25, 0.3) is 11.2 Å². The minimum absolute atomic E-state index is 0.128. The van der Waals surface area contributed by atoms with Crippen LogP contribution in [0, 0.1) is 36.0 Å². The van der Waals surface area contributed by atoms with Gasteiger partial charge in [-0.3, -0.25) is 13.9 Å². The summed E-state index contributed by atoms with van der Waals surface area (Å²) < 4.78 is 9.10. The highest BCUT2D eigenvalue weighted by Gasteiger charge is 2.18. The summed E-state index contributed by atoms with van der Waals surface area (Å²) >= 11 is 0. The van der Waals surface area contributed by atoms with E-state index < -0.39 is 11.2 Å². The molecule has 0 unspecified atom stereocenters. The predicted molar refractivity (Wildman–Crippen MR) is 110 cm³/mol. The van der Waals surface area contributed by atoms with E-state index in [9.17, 15) is 9.59 Å². The fourth-order valence-corrected chi connectivity index (χ4v) is 2.84. The van der Waals surface area contributed by atoms with Gasteiger partial charge in [-0.1, -0.05) is 23.8 Å². The third kappa shape index (κ3) is 3.65. The van der Waals surface area contributed by atoms with Gasteiger partial charge in [0.15, 0.2) is 17.0 Å². The molecule has 0 aliphatic heterocycles. The molecule has 0 atom stereocenters. The Morgan fingerprint density at radius 2 is 1.97 bits per heavy atom. The predicted octanol–water partition coefficient (Wildman–Crippen LogP) is 0.962. The van der Waals surface area contributed by atoms with Gasteiger partial charge in [0.25, 0.3) is 5.56 Å². The zero-order valence-corrected chi connectivity index (χ0v) is 16.3. The first-order valence-corrected chi connectivity index (χ1v) is 8.71. The Morgan fingerprint density at radius 3 is 2.66 bits per heavy atom. The van der Waals surface area contributed by atoms with Crippen LogP contribution in [0.1, 0.15) is 18.3 Å². The molecule has 0 amide bonds. The van der Waals surface area contributed by atoms with Crippen molar-refractivity contribution in [3.8, 4) is 41.8 Å².